The number of halogens is 3. The fraction of sp³-hybridized carbons (Fsp3) is 0.421. The number of hydrogen-bond donors (Lipinski definition) is 0. The molecule has 6 nitrogen and oxygen atoms in total. The monoisotopic (exact) mass is 391 g/mol. The Kier molecular flexibility index (Phi) is 3.45. The first-order chi connectivity index (χ1) is 13.3. The Labute approximate surface area is 156 Å². The first kappa shape index (κ1) is 17.3. The van der Waals surface area contributed by atoms with Gasteiger partial charge in [-0.1, -0.05) is 6.42 Å². The molecule has 0 radical (unpaired) electrons. The number of aromatic nitrogens is 2. The van der Waals surface area contributed by atoms with Crippen molar-refractivity contribution in [1.82, 2.24) is 14.5 Å². The summed E-state index contributed by atoms with van der Waals surface area (Å²) < 4.78 is 46.1. The van der Waals surface area contributed by atoms with Crippen molar-refractivity contribution < 1.29 is 22.4 Å². The maximum atomic E-state index is 13.2. The van der Waals surface area contributed by atoms with Gasteiger partial charge in [0.25, 0.3) is 5.56 Å². The third-order valence-electron chi connectivity index (χ3n) is 5.81. The molecular formula is C19H16F3N3O3. The molecule has 1 saturated carbocycles. The molecule has 28 heavy (non-hydrogen) atoms. The molecule has 0 saturated heterocycles. The van der Waals surface area contributed by atoms with Crippen molar-refractivity contribution in [3.8, 4) is 0 Å². The lowest BCUT2D eigenvalue weighted by Gasteiger charge is -2.19. The van der Waals surface area contributed by atoms with Gasteiger partial charge in [-0.2, -0.15) is 13.2 Å². The van der Waals surface area contributed by atoms with Crippen molar-refractivity contribution in [2.45, 2.75) is 38.0 Å². The summed E-state index contributed by atoms with van der Waals surface area (Å²) in [5.41, 5.74) is -1.15. The molecule has 1 aliphatic carbocycles. The summed E-state index contributed by atoms with van der Waals surface area (Å²) in [7, 11) is 1.67. The Balaban J connectivity index is 1.79. The largest absolute Gasteiger partial charge is 0.448 e. The number of rotatable bonds is 0. The Morgan fingerprint density at radius 3 is 2.75 bits per heavy atom. The molecule has 0 spiro atoms. The molecular weight excluding hydrogens is 375 g/mol. The average Bonchev–Trinajstić information content (AvgIpc) is 3.22. The number of furan rings is 1. The van der Waals surface area contributed by atoms with Gasteiger partial charge < -0.3 is 9.32 Å². The molecule has 2 aliphatic rings. The minimum atomic E-state index is -4.51. The van der Waals surface area contributed by atoms with Crippen LogP contribution < -0.4 is 5.56 Å². The molecule has 3 heterocycles. The maximum absolute atomic E-state index is 13.2. The predicted octanol–water partition coefficient (Wildman–Crippen LogP) is 3.47. The zero-order chi connectivity index (χ0) is 19.8. The quantitative estimate of drug-likeness (QED) is 0.589. The van der Waals surface area contributed by atoms with E-state index in [-0.39, 0.29) is 41.1 Å². The highest BCUT2D eigenvalue weighted by atomic mass is 19.4. The van der Waals surface area contributed by atoms with E-state index in [1.54, 1.807) is 11.9 Å². The molecule has 0 unspecified atom stereocenters. The van der Waals surface area contributed by atoms with Gasteiger partial charge in [-0.25, -0.2) is 4.98 Å². The normalized spacial score (nSPS) is 22.6. The number of carbonyl (C=O) groups is 1. The fourth-order valence-corrected chi connectivity index (χ4v) is 4.49. The number of carbonyl (C=O) groups excluding carboxylic acids is 1. The summed E-state index contributed by atoms with van der Waals surface area (Å²) in [6.07, 6.45) is -2.30. The standard InChI is InChI=1S/C19H16F3N3O3/c1-24-8-14-23-15-11-6-5-9(19(20,21)22)7-13(11)28-16(15)18(27)25(14)12-4-2-3-10(12)17(24)26/h5-7,10,12H,2-4,8H2,1H3/t10-,12-/m0/s1. The molecule has 2 aromatic heterocycles. The van der Waals surface area contributed by atoms with Crippen molar-refractivity contribution in [2.75, 3.05) is 7.05 Å². The van der Waals surface area contributed by atoms with Crippen LogP contribution in [0.1, 0.15) is 36.7 Å². The Morgan fingerprint density at radius 1 is 1.21 bits per heavy atom. The van der Waals surface area contributed by atoms with Gasteiger partial charge in [0, 0.05) is 12.4 Å². The number of hydrogen-bond acceptors (Lipinski definition) is 4. The van der Waals surface area contributed by atoms with Crippen LogP contribution in [0.3, 0.4) is 0 Å². The Bertz CT molecular complexity index is 1190. The van der Waals surface area contributed by atoms with E-state index >= 15 is 0 Å². The summed E-state index contributed by atoms with van der Waals surface area (Å²) in [5, 5.41) is 0.352. The number of fused-ring (bicyclic) bond motifs is 6. The summed E-state index contributed by atoms with van der Waals surface area (Å²) in [4.78, 5) is 32.0. The van der Waals surface area contributed by atoms with Crippen LogP contribution in [-0.4, -0.2) is 27.4 Å². The van der Waals surface area contributed by atoms with E-state index < -0.39 is 17.3 Å². The summed E-state index contributed by atoms with van der Waals surface area (Å²) >= 11 is 0. The summed E-state index contributed by atoms with van der Waals surface area (Å²) in [6.45, 7) is 0.171. The van der Waals surface area contributed by atoms with Crippen LogP contribution in [0, 0.1) is 5.92 Å². The van der Waals surface area contributed by atoms with E-state index in [1.807, 2.05) is 0 Å². The number of benzene rings is 1. The lowest BCUT2D eigenvalue weighted by atomic mass is 10.0. The molecule has 146 valence electrons. The molecule has 5 rings (SSSR count). The van der Waals surface area contributed by atoms with Crippen LogP contribution in [0.15, 0.2) is 27.4 Å². The maximum Gasteiger partial charge on any atom is 0.416 e. The first-order valence-electron chi connectivity index (χ1n) is 9.05. The van der Waals surface area contributed by atoms with E-state index in [0.717, 1.165) is 18.6 Å². The van der Waals surface area contributed by atoms with Crippen molar-refractivity contribution in [3.05, 3.63) is 39.9 Å². The van der Waals surface area contributed by atoms with E-state index in [9.17, 15) is 22.8 Å². The van der Waals surface area contributed by atoms with E-state index in [0.29, 0.717) is 24.1 Å². The lowest BCUT2D eigenvalue weighted by molar-refractivity contribution is -0.137. The second-order valence-corrected chi connectivity index (χ2v) is 7.49. The van der Waals surface area contributed by atoms with Crippen molar-refractivity contribution >= 4 is 28.0 Å². The molecule has 1 aromatic carbocycles. The van der Waals surface area contributed by atoms with Crippen LogP contribution in [0.5, 0.6) is 0 Å². The zero-order valence-corrected chi connectivity index (χ0v) is 14.9. The van der Waals surface area contributed by atoms with E-state index in [2.05, 4.69) is 4.98 Å². The molecule has 3 aromatic rings. The second-order valence-electron chi connectivity index (χ2n) is 7.49. The number of amides is 1. The lowest BCUT2D eigenvalue weighted by Crippen LogP contribution is -2.32. The van der Waals surface area contributed by atoms with Gasteiger partial charge >= 0.3 is 6.18 Å². The van der Waals surface area contributed by atoms with Gasteiger partial charge in [-0.15, -0.1) is 0 Å². The van der Waals surface area contributed by atoms with Crippen LogP contribution in [0.25, 0.3) is 22.1 Å². The third kappa shape index (κ3) is 2.31. The highest BCUT2D eigenvalue weighted by Crippen LogP contribution is 2.40. The van der Waals surface area contributed by atoms with Crippen LogP contribution in [0.4, 0.5) is 13.2 Å². The molecule has 1 amide bonds. The van der Waals surface area contributed by atoms with Gasteiger partial charge in [0.05, 0.1) is 24.1 Å². The van der Waals surface area contributed by atoms with Gasteiger partial charge in [-0.05, 0) is 31.0 Å². The second kappa shape index (κ2) is 5.59. The summed E-state index contributed by atoms with van der Waals surface area (Å²) in [5.74, 6) is 0.137. The van der Waals surface area contributed by atoms with E-state index in [1.165, 1.54) is 10.6 Å². The van der Waals surface area contributed by atoms with Gasteiger partial charge in [0.15, 0.2) is 0 Å². The van der Waals surface area contributed by atoms with Crippen molar-refractivity contribution in [1.29, 1.82) is 0 Å². The number of alkyl halides is 3. The molecule has 9 heteroatoms. The highest BCUT2D eigenvalue weighted by molar-refractivity contribution is 6.02. The topological polar surface area (TPSA) is 68.3 Å². The Morgan fingerprint density at radius 2 is 2.00 bits per heavy atom. The van der Waals surface area contributed by atoms with Crippen molar-refractivity contribution in [2.24, 2.45) is 5.92 Å². The number of nitrogens with zero attached hydrogens (tertiary/aromatic N) is 3. The minimum Gasteiger partial charge on any atom is -0.448 e. The molecule has 0 N–H and O–H groups in total. The minimum absolute atomic E-state index is 0.0105. The van der Waals surface area contributed by atoms with Gasteiger partial charge in [-0.3, -0.25) is 14.2 Å². The van der Waals surface area contributed by atoms with Gasteiger partial charge in [0.2, 0.25) is 11.5 Å². The summed E-state index contributed by atoms with van der Waals surface area (Å²) in [6, 6.07) is 2.82. The average molecular weight is 391 g/mol. The molecule has 0 bridgehead atoms. The third-order valence-corrected chi connectivity index (χ3v) is 5.81. The Hall–Kier alpha value is -2.84. The zero-order valence-electron chi connectivity index (χ0n) is 14.9. The van der Waals surface area contributed by atoms with Gasteiger partial charge in [0.1, 0.15) is 16.9 Å². The molecule has 1 aliphatic heterocycles. The molecule has 1 fully saturated rings. The highest BCUT2D eigenvalue weighted by Gasteiger charge is 2.41. The SMILES string of the molecule is CN1Cc2nc3c(oc4cc(C(F)(F)F)ccc43)c(=O)n2[C@H]2CCC[C@@H]2C1=O. The molecule has 2 atom stereocenters. The van der Waals surface area contributed by atoms with E-state index in [4.69, 9.17) is 4.42 Å². The van der Waals surface area contributed by atoms with Crippen LogP contribution in [-0.2, 0) is 17.5 Å². The van der Waals surface area contributed by atoms with Crippen molar-refractivity contribution in [3.63, 3.8) is 0 Å². The van der Waals surface area contributed by atoms with Crippen LogP contribution in [0.2, 0.25) is 0 Å². The smallest absolute Gasteiger partial charge is 0.416 e. The predicted molar refractivity (Wildman–Crippen MR) is 93.6 cm³/mol. The fourth-order valence-electron chi connectivity index (χ4n) is 4.49. The first-order valence-corrected chi connectivity index (χ1v) is 9.05. The van der Waals surface area contributed by atoms with Crippen LogP contribution >= 0.6 is 0 Å².